The van der Waals surface area contributed by atoms with E-state index in [0.29, 0.717) is 6.92 Å². The predicted molar refractivity (Wildman–Crippen MR) is 126 cm³/mol. The molecule has 0 spiro atoms. The number of alkyl halides is 2. The molecule has 0 fully saturated rings. The smallest absolute Gasteiger partial charge is 0.394 e. The Labute approximate surface area is 200 Å². The third-order valence-corrected chi connectivity index (χ3v) is 5.96. The lowest BCUT2D eigenvalue weighted by Gasteiger charge is -2.16. The zero-order valence-corrected chi connectivity index (χ0v) is 19.9. The molecule has 0 saturated heterocycles. The fourth-order valence-corrected chi connectivity index (χ4v) is 4.26. The number of aromatic nitrogens is 1. The number of sulfonamides is 1. The molecule has 186 valence electrons. The van der Waals surface area contributed by atoms with Crippen LogP contribution in [0.15, 0.2) is 70.5 Å². The van der Waals surface area contributed by atoms with E-state index in [1.165, 1.54) is 60.3 Å². The molecule has 0 aliphatic rings. The Kier molecular flexibility index (Phi) is 7.44. The summed E-state index contributed by atoms with van der Waals surface area (Å²) in [4.78, 5) is 24.5. The van der Waals surface area contributed by atoms with E-state index in [0.717, 1.165) is 6.07 Å². The van der Waals surface area contributed by atoms with Crippen molar-refractivity contribution in [1.29, 1.82) is 0 Å². The Morgan fingerprint density at radius 1 is 1.09 bits per heavy atom. The summed E-state index contributed by atoms with van der Waals surface area (Å²) in [5.74, 6) is -0.967. The minimum absolute atomic E-state index is 0.00787. The van der Waals surface area contributed by atoms with E-state index in [-0.39, 0.29) is 39.9 Å². The number of carbonyl (C=O) groups excluding carboxylic acids is 1. The van der Waals surface area contributed by atoms with Crippen molar-refractivity contribution in [2.24, 2.45) is 7.05 Å². The first-order valence-electron chi connectivity index (χ1n) is 10.3. The maximum Gasteiger partial charge on any atom is 0.394 e. The van der Waals surface area contributed by atoms with Crippen LogP contribution in [0.5, 0.6) is 11.5 Å². The van der Waals surface area contributed by atoms with E-state index in [4.69, 9.17) is 4.74 Å². The van der Waals surface area contributed by atoms with Crippen molar-refractivity contribution in [2.75, 3.05) is 16.6 Å². The number of anilines is 2. The van der Waals surface area contributed by atoms with Crippen LogP contribution in [0.25, 0.3) is 0 Å². The topological polar surface area (TPSA) is 116 Å². The molecule has 0 radical (unpaired) electrons. The lowest BCUT2D eigenvalue weighted by molar-refractivity contribution is -0.158. The Balaban J connectivity index is 1.88. The molecule has 2 aromatic carbocycles. The van der Waals surface area contributed by atoms with Gasteiger partial charge >= 0.3 is 6.11 Å². The summed E-state index contributed by atoms with van der Waals surface area (Å²) < 4.78 is 65.8. The van der Waals surface area contributed by atoms with E-state index in [2.05, 4.69) is 14.8 Å². The monoisotopic (exact) mass is 507 g/mol. The minimum atomic E-state index is -4.22. The van der Waals surface area contributed by atoms with E-state index in [1.807, 2.05) is 0 Å². The number of hydrogen-bond acceptors (Lipinski definition) is 6. The molecule has 12 heteroatoms. The van der Waals surface area contributed by atoms with Gasteiger partial charge in [0.25, 0.3) is 21.5 Å². The van der Waals surface area contributed by atoms with Gasteiger partial charge in [0.15, 0.2) is 0 Å². The molecule has 3 aromatic rings. The van der Waals surface area contributed by atoms with E-state index >= 15 is 0 Å². The highest BCUT2D eigenvalue weighted by atomic mass is 32.2. The van der Waals surface area contributed by atoms with Crippen molar-refractivity contribution in [2.45, 2.75) is 24.9 Å². The number of halogens is 2. The summed E-state index contributed by atoms with van der Waals surface area (Å²) in [5.41, 5.74) is -0.396. The first kappa shape index (κ1) is 25.7. The molecule has 1 amide bonds. The van der Waals surface area contributed by atoms with Crippen LogP contribution in [0.2, 0.25) is 0 Å². The summed E-state index contributed by atoms with van der Waals surface area (Å²) in [7, 11) is -2.71. The molecule has 0 aliphatic heterocycles. The van der Waals surface area contributed by atoms with Crippen molar-refractivity contribution in [3.63, 3.8) is 0 Å². The van der Waals surface area contributed by atoms with Crippen LogP contribution in [0.4, 0.5) is 20.2 Å². The molecule has 0 bridgehead atoms. The van der Waals surface area contributed by atoms with Crippen LogP contribution in [-0.2, 0) is 17.1 Å². The molecule has 0 atom stereocenters. The number of rotatable bonds is 9. The molecule has 9 nitrogen and oxygen atoms in total. The van der Waals surface area contributed by atoms with Gasteiger partial charge in [0.1, 0.15) is 22.0 Å². The van der Waals surface area contributed by atoms with Crippen molar-refractivity contribution in [3.8, 4) is 11.5 Å². The minimum Gasteiger partial charge on any atom is -0.492 e. The van der Waals surface area contributed by atoms with Crippen molar-refractivity contribution in [1.82, 2.24) is 4.57 Å². The molecule has 35 heavy (non-hydrogen) atoms. The van der Waals surface area contributed by atoms with Gasteiger partial charge in [0.05, 0.1) is 12.3 Å². The Hall–Kier alpha value is -3.93. The van der Waals surface area contributed by atoms with Gasteiger partial charge in [-0.3, -0.25) is 14.3 Å². The van der Waals surface area contributed by atoms with E-state index in [9.17, 15) is 26.8 Å². The highest BCUT2D eigenvalue weighted by Gasteiger charge is 2.24. The first-order chi connectivity index (χ1) is 16.4. The molecule has 2 N–H and O–H groups in total. The summed E-state index contributed by atoms with van der Waals surface area (Å²) in [6.07, 6.45) is -1.93. The second-order valence-corrected chi connectivity index (χ2v) is 9.08. The number of aryl methyl sites for hydroxylation is 1. The zero-order chi connectivity index (χ0) is 25.8. The standard InChI is InChI=1S/C23H23F2N3O6S/c1-4-33-19-14-15(26-21(29)18-9-6-12-28(3)22(18)30)10-11-20(19)35(31,32)27-16-7-5-8-17(13-16)34-23(2,24)25/h5-14,27H,4H2,1-3H3,(H,26,29). The molecule has 0 unspecified atom stereocenters. The van der Waals surface area contributed by atoms with Crippen LogP contribution in [-0.4, -0.2) is 31.6 Å². The number of amides is 1. The number of carbonyl (C=O) groups is 1. The molecule has 0 aliphatic carbocycles. The van der Waals surface area contributed by atoms with Crippen LogP contribution >= 0.6 is 0 Å². The van der Waals surface area contributed by atoms with E-state index < -0.39 is 27.6 Å². The average molecular weight is 508 g/mol. The molecule has 1 heterocycles. The molecular formula is C23H23F2N3O6S. The summed E-state index contributed by atoms with van der Waals surface area (Å²) in [5, 5.41) is 2.55. The van der Waals surface area contributed by atoms with Gasteiger partial charge in [-0.05, 0) is 43.3 Å². The van der Waals surface area contributed by atoms with Gasteiger partial charge in [0, 0.05) is 38.0 Å². The van der Waals surface area contributed by atoms with Gasteiger partial charge in [-0.25, -0.2) is 8.42 Å². The van der Waals surface area contributed by atoms with Crippen LogP contribution in [0, 0.1) is 0 Å². The van der Waals surface area contributed by atoms with Crippen LogP contribution in [0.3, 0.4) is 0 Å². The number of benzene rings is 2. The van der Waals surface area contributed by atoms with Crippen LogP contribution < -0.4 is 25.1 Å². The van der Waals surface area contributed by atoms with Gasteiger partial charge in [0.2, 0.25) is 0 Å². The molecule has 3 rings (SSSR count). The fraction of sp³-hybridized carbons (Fsp3) is 0.217. The average Bonchev–Trinajstić information content (AvgIpc) is 2.74. The number of nitrogens with one attached hydrogen (secondary N) is 2. The van der Waals surface area contributed by atoms with Crippen molar-refractivity contribution < 1.29 is 31.5 Å². The predicted octanol–water partition coefficient (Wildman–Crippen LogP) is 3.83. The second kappa shape index (κ2) is 10.1. The largest absolute Gasteiger partial charge is 0.492 e. The SMILES string of the molecule is CCOc1cc(NC(=O)c2cccn(C)c2=O)ccc1S(=O)(=O)Nc1cccc(OC(C)(F)F)c1. The molecule has 1 aromatic heterocycles. The van der Waals surface area contributed by atoms with Gasteiger partial charge < -0.3 is 19.4 Å². The highest BCUT2D eigenvalue weighted by molar-refractivity contribution is 7.92. The Bertz CT molecular complexity index is 1400. The summed E-state index contributed by atoms with van der Waals surface area (Å²) in [6.45, 7) is 2.33. The number of ether oxygens (including phenoxy) is 2. The second-order valence-electron chi connectivity index (χ2n) is 7.43. The van der Waals surface area contributed by atoms with Crippen molar-refractivity contribution in [3.05, 3.63) is 76.7 Å². The fourth-order valence-electron chi connectivity index (χ4n) is 3.08. The lowest BCUT2D eigenvalue weighted by atomic mass is 10.2. The van der Waals surface area contributed by atoms with Crippen LogP contribution in [0.1, 0.15) is 24.2 Å². The normalized spacial score (nSPS) is 11.6. The third kappa shape index (κ3) is 6.57. The quantitative estimate of drug-likeness (QED) is 0.455. The summed E-state index contributed by atoms with van der Waals surface area (Å²) >= 11 is 0. The molecule has 0 saturated carbocycles. The van der Waals surface area contributed by atoms with Gasteiger partial charge in [-0.2, -0.15) is 8.78 Å². The van der Waals surface area contributed by atoms with E-state index in [1.54, 1.807) is 13.0 Å². The maximum atomic E-state index is 13.1. The lowest BCUT2D eigenvalue weighted by Crippen LogP contribution is -2.27. The number of hydrogen-bond donors (Lipinski definition) is 2. The van der Waals surface area contributed by atoms with Gasteiger partial charge in [-0.15, -0.1) is 0 Å². The Morgan fingerprint density at radius 2 is 1.83 bits per heavy atom. The Morgan fingerprint density at radius 3 is 2.51 bits per heavy atom. The zero-order valence-electron chi connectivity index (χ0n) is 19.0. The number of pyridine rings is 1. The third-order valence-electron chi connectivity index (χ3n) is 4.54. The summed E-state index contributed by atoms with van der Waals surface area (Å²) in [6, 6.07) is 11.9. The number of nitrogens with zero attached hydrogens (tertiary/aromatic N) is 1. The highest BCUT2D eigenvalue weighted by Crippen LogP contribution is 2.31. The first-order valence-corrected chi connectivity index (χ1v) is 11.8. The van der Waals surface area contributed by atoms with Crippen molar-refractivity contribution >= 4 is 27.3 Å². The maximum absolute atomic E-state index is 13.1. The molecular weight excluding hydrogens is 484 g/mol. The van der Waals surface area contributed by atoms with Gasteiger partial charge in [-0.1, -0.05) is 6.07 Å².